The Balaban J connectivity index is 1.50. The van der Waals surface area contributed by atoms with Crippen LogP contribution in [0.3, 0.4) is 0 Å². The molecule has 1 heterocycles. The second-order valence-electron chi connectivity index (χ2n) is 8.18. The molecule has 1 aromatic rings. The molecule has 4 nitrogen and oxygen atoms in total. The van der Waals surface area contributed by atoms with E-state index in [0.29, 0.717) is 11.9 Å². The van der Waals surface area contributed by atoms with Crippen LogP contribution in [0.25, 0.3) is 0 Å². The van der Waals surface area contributed by atoms with E-state index in [-0.39, 0.29) is 17.7 Å². The summed E-state index contributed by atoms with van der Waals surface area (Å²) in [6.45, 7) is 5.23. The van der Waals surface area contributed by atoms with Crippen LogP contribution in [-0.4, -0.2) is 29.3 Å². The monoisotopic (exact) mass is 370 g/mol. The highest BCUT2D eigenvalue weighted by atomic mass is 16.2. The Labute approximate surface area is 163 Å². The van der Waals surface area contributed by atoms with Crippen LogP contribution in [0.2, 0.25) is 0 Å². The van der Waals surface area contributed by atoms with E-state index in [1.165, 1.54) is 12.0 Å². The highest BCUT2D eigenvalue weighted by Gasteiger charge is 2.34. The predicted octanol–water partition coefficient (Wildman–Crippen LogP) is 4.79. The molecule has 1 aliphatic heterocycles. The molecule has 2 fully saturated rings. The van der Waals surface area contributed by atoms with E-state index >= 15 is 0 Å². The van der Waals surface area contributed by atoms with Gasteiger partial charge in [0.05, 0.1) is 0 Å². The van der Waals surface area contributed by atoms with Crippen LogP contribution in [0.4, 0.5) is 5.69 Å². The lowest BCUT2D eigenvalue weighted by Gasteiger charge is -2.39. The number of carbonyl (C=O) groups excluding carboxylic acids is 2. The fourth-order valence-electron chi connectivity index (χ4n) is 4.62. The van der Waals surface area contributed by atoms with Crippen molar-refractivity contribution in [2.75, 3.05) is 11.9 Å². The Kier molecular flexibility index (Phi) is 6.92. The first-order valence-electron chi connectivity index (χ1n) is 10.8. The molecule has 3 rings (SSSR count). The third-order valence-electron chi connectivity index (χ3n) is 6.46. The maximum Gasteiger partial charge on any atom is 0.227 e. The molecule has 27 heavy (non-hydrogen) atoms. The third kappa shape index (κ3) is 4.91. The molecular formula is C23H34N2O2. The van der Waals surface area contributed by atoms with Crippen LogP contribution in [0.5, 0.6) is 0 Å². The summed E-state index contributed by atoms with van der Waals surface area (Å²) in [7, 11) is 0. The predicted molar refractivity (Wildman–Crippen MR) is 110 cm³/mol. The number of nitrogens with one attached hydrogen (secondary N) is 1. The fourth-order valence-corrected chi connectivity index (χ4v) is 4.62. The molecule has 1 saturated carbocycles. The third-order valence-corrected chi connectivity index (χ3v) is 6.46. The van der Waals surface area contributed by atoms with Crippen LogP contribution in [0.1, 0.15) is 70.8 Å². The zero-order valence-corrected chi connectivity index (χ0v) is 16.9. The highest BCUT2D eigenvalue weighted by molar-refractivity contribution is 5.92. The van der Waals surface area contributed by atoms with Gasteiger partial charge in [-0.1, -0.05) is 26.0 Å². The Morgan fingerprint density at radius 2 is 1.63 bits per heavy atom. The van der Waals surface area contributed by atoms with E-state index in [2.05, 4.69) is 36.2 Å². The summed E-state index contributed by atoms with van der Waals surface area (Å²) in [6, 6.07) is 8.51. The zero-order chi connectivity index (χ0) is 19.2. The molecule has 0 bridgehead atoms. The zero-order valence-electron chi connectivity index (χ0n) is 16.9. The fraction of sp³-hybridized carbons (Fsp3) is 0.652. The van der Waals surface area contributed by atoms with Crippen molar-refractivity contribution in [1.29, 1.82) is 0 Å². The summed E-state index contributed by atoms with van der Waals surface area (Å²) in [5, 5.41) is 3.05. The second kappa shape index (κ2) is 9.38. The Morgan fingerprint density at radius 1 is 0.963 bits per heavy atom. The molecule has 0 aromatic heterocycles. The first-order valence-corrected chi connectivity index (χ1v) is 10.8. The maximum absolute atomic E-state index is 13.0. The van der Waals surface area contributed by atoms with Crippen molar-refractivity contribution in [3.63, 3.8) is 0 Å². The van der Waals surface area contributed by atoms with E-state index in [1.807, 2.05) is 12.1 Å². The highest BCUT2D eigenvalue weighted by Crippen LogP contribution is 2.33. The largest absolute Gasteiger partial charge is 0.339 e. The Bertz CT molecular complexity index is 632. The van der Waals surface area contributed by atoms with Gasteiger partial charge in [0.15, 0.2) is 0 Å². The SMILES string of the molecule is CCc1ccc(NC(=O)C2CCC(C(=O)N3CCCCC3CC)CC2)cc1. The minimum atomic E-state index is 0.0308. The molecule has 1 aromatic carbocycles. The Hall–Kier alpha value is -1.84. The topological polar surface area (TPSA) is 49.4 Å². The minimum absolute atomic E-state index is 0.0308. The number of carbonyl (C=O) groups is 2. The van der Waals surface area contributed by atoms with Gasteiger partial charge < -0.3 is 10.2 Å². The molecule has 1 aliphatic carbocycles. The molecule has 2 amide bonds. The number of rotatable bonds is 5. The molecule has 0 radical (unpaired) electrons. The van der Waals surface area contributed by atoms with Crippen molar-refractivity contribution < 1.29 is 9.59 Å². The van der Waals surface area contributed by atoms with Crippen molar-refractivity contribution >= 4 is 17.5 Å². The lowest BCUT2D eigenvalue weighted by Crippen LogP contribution is -2.47. The van der Waals surface area contributed by atoms with Crippen LogP contribution >= 0.6 is 0 Å². The van der Waals surface area contributed by atoms with E-state index in [1.54, 1.807) is 0 Å². The first kappa shape index (κ1) is 19.9. The van der Waals surface area contributed by atoms with Gasteiger partial charge in [0.2, 0.25) is 11.8 Å². The normalized spacial score (nSPS) is 25.9. The van der Waals surface area contributed by atoms with E-state index in [9.17, 15) is 9.59 Å². The molecule has 4 heteroatoms. The number of hydrogen-bond acceptors (Lipinski definition) is 2. The van der Waals surface area contributed by atoms with Crippen LogP contribution in [-0.2, 0) is 16.0 Å². The van der Waals surface area contributed by atoms with Gasteiger partial charge in [-0.2, -0.15) is 0 Å². The summed E-state index contributed by atoms with van der Waals surface area (Å²) in [5.41, 5.74) is 2.14. The van der Waals surface area contributed by atoms with Crippen molar-refractivity contribution in [1.82, 2.24) is 4.90 Å². The lowest BCUT2D eigenvalue weighted by atomic mass is 9.80. The average Bonchev–Trinajstić information content (AvgIpc) is 2.73. The lowest BCUT2D eigenvalue weighted by molar-refractivity contribution is -0.141. The average molecular weight is 371 g/mol. The molecule has 2 aliphatic rings. The molecule has 1 atom stereocenters. The van der Waals surface area contributed by atoms with Crippen molar-refractivity contribution in [2.24, 2.45) is 11.8 Å². The van der Waals surface area contributed by atoms with Crippen molar-refractivity contribution in [2.45, 2.75) is 77.7 Å². The first-order chi connectivity index (χ1) is 13.1. The number of likely N-dealkylation sites (tertiary alicyclic amines) is 1. The minimum Gasteiger partial charge on any atom is -0.339 e. The van der Waals surface area contributed by atoms with Crippen LogP contribution in [0.15, 0.2) is 24.3 Å². The summed E-state index contributed by atoms with van der Waals surface area (Å²) in [6.07, 6.45) is 8.92. The van der Waals surface area contributed by atoms with E-state index in [0.717, 1.165) is 63.6 Å². The van der Waals surface area contributed by atoms with Gasteiger partial charge in [0.25, 0.3) is 0 Å². The smallest absolute Gasteiger partial charge is 0.227 e. The van der Waals surface area contributed by atoms with Gasteiger partial charge in [-0.15, -0.1) is 0 Å². The molecule has 1 N–H and O–H groups in total. The molecule has 0 spiro atoms. The molecule has 1 saturated heterocycles. The number of amides is 2. The van der Waals surface area contributed by atoms with Crippen LogP contribution in [0, 0.1) is 11.8 Å². The number of anilines is 1. The molecule has 1 unspecified atom stereocenters. The standard InChI is InChI=1S/C23H34N2O2/c1-3-17-8-14-20(15-9-17)24-22(26)18-10-12-19(13-11-18)23(27)25-16-6-5-7-21(25)4-2/h8-9,14-15,18-19,21H,3-7,10-13,16H2,1-2H3,(H,24,26). The summed E-state index contributed by atoms with van der Waals surface area (Å²) in [5.74, 6) is 0.596. The number of aryl methyl sites for hydroxylation is 1. The van der Waals surface area contributed by atoms with Gasteiger partial charge in [-0.05, 0) is 75.5 Å². The number of benzene rings is 1. The van der Waals surface area contributed by atoms with Gasteiger partial charge >= 0.3 is 0 Å². The number of nitrogens with zero attached hydrogens (tertiary/aromatic N) is 1. The summed E-state index contributed by atoms with van der Waals surface area (Å²) < 4.78 is 0. The van der Waals surface area contributed by atoms with Gasteiger partial charge in [0.1, 0.15) is 0 Å². The van der Waals surface area contributed by atoms with Crippen molar-refractivity contribution in [3.8, 4) is 0 Å². The Morgan fingerprint density at radius 3 is 2.26 bits per heavy atom. The van der Waals surface area contributed by atoms with Crippen LogP contribution < -0.4 is 5.32 Å². The summed E-state index contributed by atoms with van der Waals surface area (Å²) >= 11 is 0. The quantitative estimate of drug-likeness (QED) is 0.810. The second-order valence-corrected chi connectivity index (χ2v) is 8.18. The van der Waals surface area contributed by atoms with Crippen molar-refractivity contribution in [3.05, 3.63) is 29.8 Å². The summed E-state index contributed by atoms with van der Waals surface area (Å²) in [4.78, 5) is 27.7. The van der Waals surface area contributed by atoms with Gasteiger partial charge in [-0.3, -0.25) is 9.59 Å². The van der Waals surface area contributed by atoms with Gasteiger partial charge in [0, 0.05) is 30.1 Å². The maximum atomic E-state index is 13.0. The number of piperidine rings is 1. The molecular weight excluding hydrogens is 336 g/mol. The molecule has 148 valence electrons. The van der Waals surface area contributed by atoms with Gasteiger partial charge in [-0.25, -0.2) is 0 Å². The van der Waals surface area contributed by atoms with E-state index in [4.69, 9.17) is 0 Å². The van der Waals surface area contributed by atoms with E-state index < -0.39 is 0 Å². The number of hydrogen-bond donors (Lipinski definition) is 1.